The molecule has 0 aliphatic heterocycles. The van der Waals surface area contributed by atoms with Crippen LogP contribution >= 0.6 is 0 Å². The van der Waals surface area contributed by atoms with Crippen molar-refractivity contribution in [1.82, 2.24) is 29.5 Å². The lowest BCUT2D eigenvalue weighted by atomic mass is 10.2. The van der Waals surface area contributed by atoms with Crippen LogP contribution in [0.2, 0.25) is 0 Å². The molecular weight excluding hydrogens is 510 g/mol. The van der Waals surface area contributed by atoms with Crippen LogP contribution in [0.4, 0.5) is 11.4 Å². The first-order valence-electron chi connectivity index (χ1n) is 12.4. The summed E-state index contributed by atoms with van der Waals surface area (Å²) in [6, 6.07) is 29.8. The van der Waals surface area contributed by atoms with Crippen LogP contribution in [0.1, 0.15) is 11.1 Å². The summed E-state index contributed by atoms with van der Waals surface area (Å²) in [6.45, 7) is 4.08. The van der Waals surface area contributed by atoms with Gasteiger partial charge in [0.2, 0.25) is 0 Å². The Kier molecular flexibility index (Phi) is 7.41. The minimum Gasteiger partial charge on any atom is -0.399 e. The number of non-ortho nitro benzene ring substituents is 1. The highest BCUT2D eigenvalue weighted by Crippen LogP contribution is 2.20. The SMILES string of the molecule is Cc1ccc(-[15n]2c[15n]c(-c3ccc(N)cc3)[15n]2)cc1.Cc1ccc(-[15n]2c[15n]c(-c3ccc([N+](=O)[O-])cc3)[15n]2)cc1. The van der Waals surface area contributed by atoms with Crippen molar-refractivity contribution in [3.05, 3.63) is 131 Å². The summed E-state index contributed by atoms with van der Waals surface area (Å²) in [5.41, 5.74) is 12.5. The number of nitrogens with zero attached hydrogens (tertiary/aromatic N) is 7. The van der Waals surface area contributed by atoms with Gasteiger partial charge in [0.1, 0.15) is 12.7 Å². The van der Waals surface area contributed by atoms with Crippen molar-refractivity contribution in [1.29, 1.82) is 0 Å². The monoisotopic (exact) mass is 536 g/mol. The number of nitrogen functional groups attached to an aromatic ring is 1. The van der Waals surface area contributed by atoms with Gasteiger partial charge >= 0.3 is 0 Å². The van der Waals surface area contributed by atoms with Crippen molar-refractivity contribution in [2.45, 2.75) is 13.8 Å². The molecule has 6 aromatic rings. The highest BCUT2D eigenvalue weighted by Gasteiger charge is 2.09. The van der Waals surface area contributed by atoms with Crippen LogP contribution in [0.25, 0.3) is 34.2 Å². The number of hydrogen-bond acceptors (Lipinski definition) is 7. The van der Waals surface area contributed by atoms with E-state index in [2.05, 4.69) is 39.2 Å². The van der Waals surface area contributed by atoms with Gasteiger partial charge in [-0.25, -0.2) is 19.3 Å². The molecule has 10 heteroatoms. The fourth-order valence-electron chi connectivity index (χ4n) is 3.80. The van der Waals surface area contributed by atoms with Crippen molar-refractivity contribution in [2.75, 3.05) is 5.73 Å². The number of hydrogen-bond donors (Lipinski definition) is 1. The van der Waals surface area contributed by atoms with Crippen LogP contribution in [0.15, 0.2) is 110 Å². The van der Waals surface area contributed by atoms with E-state index in [1.165, 1.54) is 23.3 Å². The number of anilines is 1. The number of aryl methyl sites for hydroxylation is 2. The van der Waals surface area contributed by atoms with E-state index in [0.29, 0.717) is 11.6 Å². The third-order valence-electron chi connectivity index (χ3n) is 6.09. The number of nitro benzene ring substituents is 1. The Hall–Kier alpha value is -5.64. The van der Waals surface area contributed by atoms with Crippen molar-refractivity contribution in [2.24, 2.45) is 0 Å². The third-order valence-corrected chi connectivity index (χ3v) is 6.09. The molecule has 0 fully saturated rings. The number of rotatable bonds is 5. The van der Waals surface area contributed by atoms with Gasteiger partial charge in [0, 0.05) is 28.9 Å². The molecule has 0 radical (unpaired) electrons. The highest BCUT2D eigenvalue weighted by molar-refractivity contribution is 5.58. The minimum atomic E-state index is -0.428. The Bertz CT molecular complexity index is 1660. The maximum Gasteiger partial charge on any atom is 0.269 e. The largest absolute Gasteiger partial charge is 0.399 e. The summed E-state index contributed by atoms with van der Waals surface area (Å²) in [5.74, 6) is 1.23. The molecule has 0 bridgehead atoms. The molecule has 2 aromatic heterocycles. The summed E-state index contributed by atoms with van der Waals surface area (Å²) in [4.78, 5) is 18.8. The van der Waals surface area contributed by atoms with E-state index in [4.69, 9.17) is 5.73 Å². The second-order valence-corrected chi connectivity index (χ2v) is 9.12. The smallest absolute Gasteiger partial charge is 0.269 e. The van der Waals surface area contributed by atoms with Crippen LogP contribution in [0.5, 0.6) is 0 Å². The standard InChI is InChI=1S/C15H12N4O2.C15H14N4/c1-11-2-6-13(7-3-11)18-10-16-15(17-18)12-4-8-14(9-5-12)19(20)21;1-11-2-8-14(9-3-11)19-10-17-15(18-19)12-4-6-13(16)7-5-12/h2-10H,1H3;2-10H,16H2,1H3/i16+1,17+1,18+1;17+1,18+1,19+1. The highest BCUT2D eigenvalue weighted by atomic mass is 16.6. The average Bonchev–Trinajstić information content (AvgIpc) is 3.66. The Balaban J connectivity index is 0.000000162. The molecular formula is C30H26N8O2. The van der Waals surface area contributed by atoms with Crippen LogP contribution in [0, 0.1) is 24.0 Å². The Morgan fingerprint density at radius 1 is 0.625 bits per heavy atom. The molecule has 0 saturated heterocycles. The van der Waals surface area contributed by atoms with E-state index >= 15 is 0 Å². The van der Waals surface area contributed by atoms with Crippen molar-refractivity contribution in [3.63, 3.8) is 0 Å². The summed E-state index contributed by atoms with van der Waals surface area (Å²) < 4.78 is 3.45. The maximum atomic E-state index is 10.6. The first kappa shape index (κ1) is 26.0. The second kappa shape index (κ2) is 11.4. The van der Waals surface area contributed by atoms with Gasteiger partial charge in [-0.1, -0.05) is 35.4 Å². The van der Waals surface area contributed by atoms with E-state index in [1.54, 1.807) is 34.2 Å². The molecule has 2 N–H and O–H groups in total. The first-order chi connectivity index (χ1) is 19.4. The molecule has 0 amide bonds. The fraction of sp³-hybridized carbons (Fsp3) is 0.0667. The minimum absolute atomic E-state index is 0.0525. The molecule has 40 heavy (non-hydrogen) atoms. The molecule has 2 heterocycles. The van der Waals surface area contributed by atoms with Gasteiger partial charge in [-0.2, -0.15) is 0 Å². The zero-order valence-corrected chi connectivity index (χ0v) is 21.9. The Morgan fingerprint density at radius 2 is 1.02 bits per heavy atom. The van der Waals surface area contributed by atoms with Crippen LogP contribution in [-0.4, -0.2) is 34.5 Å². The van der Waals surface area contributed by atoms with E-state index in [0.717, 1.165) is 28.2 Å². The number of aromatic nitrogens is 6. The molecule has 0 aliphatic carbocycles. The molecule has 0 atom stereocenters. The van der Waals surface area contributed by atoms with Gasteiger partial charge in [0.05, 0.1) is 16.3 Å². The average molecular weight is 537 g/mol. The summed E-state index contributed by atoms with van der Waals surface area (Å²) >= 11 is 0. The Labute approximate surface area is 230 Å². The van der Waals surface area contributed by atoms with E-state index in [1.807, 2.05) is 67.6 Å². The van der Waals surface area contributed by atoms with Crippen LogP contribution in [-0.2, 0) is 0 Å². The number of nitrogens with two attached hydrogens (primary N) is 1. The van der Waals surface area contributed by atoms with E-state index in [-0.39, 0.29) is 5.69 Å². The maximum absolute atomic E-state index is 10.6. The van der Waals surface area contributed by atoms with Crippen molar-refractivity contribution < 1.29 is 4.92 Å². The van der Waals surface area contributed by atoms with Crippen molar-refractivity contribution >= 4 is 11.4 Å². The normalized spacial score (nSPS) is 10.6. The van der Waals surface area contributed by atoms with Gasteiger partial charge in [-0.15, -0.1) is 10.2 Å². The summed E-state index contributed by atoms with van der Waals surface area (Å²) in [6.07, 6.45) is 3.35. The van der Waals surface area contributed by atoms with Crippen LogP contribution < -0.4 is 5.73 Å². The fourth-order valence-corrected chi connectivity index (χ4v) is 3.80. The van der Waals surface area contributed by atoms with Gasteiger partial charge in [0.15, 0.2) is 11.6 Å². The van der Waals surface area contributed by atoms with Crippen LogP contribution in [0.3, 0.4) is 0 Å². The third kappa shape index (κ3) is 6.08. The van der Waals surface area contributed by atoms with E-state index < -0.39 is 4.92 Å². The van der Waals surface area contributed by atoms with E-state index in [9.17, 15) is 10.1 Å². The van der Waals surface area contributed by atoms with Gasteiger partial charge < -0.3 is 5.73 Å². The molecule has 0 unspecified atom stereocenters. The summed E-state index contributed by atoms with van der Waals surface area (Å²) in [7, 11) is 0. The zero-order chi connectivity index (χ0) is 28.1. The predicted molar refractivity (Wildman–Crippen MR) is 154 cm³/mol. The van der Waals surface area contributed by atoms with Gasteiger partial charge in [0.25, 0.3) is 5.69 Å². The van der Waals surface area contributed by atoms with Crippen molar-refractivity contribution in [3.8, 4) is 34.2 Å². The Morgan fingerprint density at radius 3 is 1.43 bits per heavy atom. The molecule has 4 aromatic carbocycles. The predicted octanol–water partition coefficient (Wildman–Crippen LogP) is 5.98. The molecule has 0 aliphatic rings. The molecule has 0 spiro atoms. The lowest BCUT2D eigenvalue weighted by molar-refractivity contribution is -0.384. The topological polar surface area (TPSA) is 131 Å². The first-order valence-corrected chi connectivity index (χ1v) is 12.4. The lowest BCUT2D eigenvalue weighted by Crippen LogP contribution is -1.94. The zero-order valence-electron chi connectivity index (χ0n) is 21.9. The van der Waals surface area contributed by atoms with Gasteiger partial charge in [-0.05, 0) is 74.5 Å². The second-order valence-electron chi connectivity index (χ2n) is 9.12. The molecule has 6 rings (SSSR count). The molecule has 10 nitrogen and oxygen atoms in total. The molecule has 0 saturated carbocycles. The lowest BCUT2D eigenvalue weighted by Gasteiger charge is -2.00. The molecule has 198 valence electrons. The quantitative estimate of drug-likeness (QED) is 0.163. The number of nitro groups is 1. The van der Waals surface area contributed by atoms with Gasteiger partial charge in [-0.3, -0.25) is 10.1 Å². The number of benzene rings is 4. The summed E-state index contributed by atoms with van der Waals surface area (Å²) in [5, 5.41) is 19.5.